The fraction of sp³-hybridized carbons (Fsp3) is 0.190. The van der Waals surface area contributed by atoms with E-state index in [9.17, 15) is 9.59 Å². The van der Waals surface area contributed by atoms with Crippen molar-refractivity contribution in [2.75, 3.05) is 0 Å². The molecule has 0 aliphatic carbocycles. The first-order valence-electron chi connectivity index (χ1n) is 9.42. The van der Waals surface area contributed by atoms with Crippen LogP contribution in [0.1, 0.15) is 19.4 Å². The summed E-state index contributed by atoms with van der Waals surface area (Å²) in [6, 6.07) is 6.40. The molecule has 0 radical (unpaired) electrons. The number of benzene rings is 1. The van der Waals surface area contributed by atoms with Crippen LogP contribution < -0.4 is 11.1 Å². The SMILES string of the molecule is Cn1cc(-c2nc3c(-c4ccc(C(C)(C)NC(=O)C(N)=O)c(F)c4)ccnc3[nH]2)cn1. The van der Waals surface area contributed by atoms with Crippen molar-refractivity contribution in [3.05, 3.63) is 54.2 Å². The van der Waals surface area contributed by atoms with Crippen LogP contribution in [0.25, 0.3) is 33.7 Å². The maximum Gasteiger partial charge on any atom is 0.309 e. The largest absolute Gasteiger partial charge is 0.361 e. The van der Waals surface area contributed by atoms with E-state index in [1.54, 1.807) is 49.1 Å². The highest BCUT2D eigenvalue weighted by Gasteiger charge is 2.28. The van der Waals surface area contributed by atoms with Crippen LogP contribution in [0.4, 0.5) is 4.39 Å². The summed E-state index contributed by atoms with van der Waals surface area (Å²) in [6.45, 7) is 3.18. The molecule has 0 saturated heterocycles. The number of nitrogens with two attached hydrogens (primary N) is 1. The summed E-state index contributed by atoms with van der Waals surface area (Å²) in [5.74, 6) is -2.05. The van der Waals surface area contributed by atoms with Crippen LogP contribution in [-0.2, 0) is 22.2 Å². The normalized spacial score (nSPS) is 11.6. The van der Waals surface area contributed by atoms with Crippen molar-refractivity contribution in [1.82, 2.24) is 30.0 Å². The molecule has 31 heavy (non-hydrogen) atoms. The van der Waals surface area contributed by atoms with E-state index in [2.05, 4.69) is 25.4 Å². The van der Waals surface area contributed by atoms with Crippen molar-refractivity contribution >= 4 is 23.0 Å². The van der Waals surface area contributed by atoms with Crippen molar-refractivity contribution in [1.29, 1.82) is 0 Å². The van der Waals surface area contributed by atoms with Gasteiger partial charge in [-0.05, 0) is 31.5 Å². The van der Waals surface area contributed by atoms with Crippen molar-refractivity contribution in [2.24, 2.45) is 12.8 Å². The van der Waals surface area contributed by atoms with Gasteiger partial charge in [-0.1, -0.05) is 12.1 Å². The Morgan fingerprint density at radius 3 is 2.65 bits per heavy atom. The third-order valence-electron chi connectivity index (χ3n) is 4.97. The van der Waals surface area contributed by atoms with E-state index in [1.165, 1.54) is 6.07 Å². The van der Waals surface area contributed by atoms with Crippen molar-refractivity contribution in [3.8, 4) is 22.5 Å². The van der Waals surface area contributed by atoms with Gasteiger partial charge in [-0.25, -0.2) is 14.4 Å². The number of aromatic amines is 1. The Morgan fingerprint density at radius 1 is 1.23 bits per heavy atom. The number of carbonyl (C=O) groups is 2. The van der Waals surface area contributed by atoms with E-state index < -0.39 is 23.2 Å². The Balaban J connectivity index is 1.73. The molecule has 158 valence electrons. The molecule has 3 aromatic heterocycles. The quantitative estimate of drug-likeness (QED) is 0.434. The molecule has 0 saturated carbocycles. The van der Waals surface area contributed by atoms with E-state index in [1.807, 2.05) is 13.2 Å². The maximum absolute atomic E-state index is 15.0. The molecule has 10 heteroatoms. The van der Waals surface area contributed by atoms with Crippen molar-refractivity contribution in [2.45, 2.75) is 19.4 Å². The molecule has 0 fully saturated rings. The lowest BCUT2D eigenvalue weighted by Gasteiger charge is -2.27. The molecule has 4 rings (SSSR count). The molecule has 0 unspecified atom stereocenters. The van der Waals surface area contributed by atoms with Gasteiger partial charge in [0.1, 0.15) is 17.2 Å². The lowest BCUT2D eigenvalue weighted by Crippen LogP contribution is -2.47. The van der Waals surface area contributed by atoms with E-state index in [0.29, 0.717) is 28.1 Å². The van der Waals surface area contributed by atoms with Gasteiger partial charge in [0.25, 0.3) is 0 Å². The molecule has 1 aromatic carbocycles. The average molecular weight is 421 g/mol. The monoisotopic (exact) mass is 421 g/mol. The summed E-state index contributed by atoms with van der Waals surface area (Å²) in [4.78, 5) is 34.8. The highest BCUT2D eigenvalue weighted by atomic mass is 19.1. The number of aryl methyl sites for hydroxylation is 1. The number of nitrogens with one attached hydrogen (secondary N) is 2. The van der Waals surface area contributed by atoms with E-state index in [4.69, 9.17) is 5.73 Å². The van der Waals surface area contributed by atoms with Gasteiger partial charge in [0, 0.05) is 30.6 Å². The van der Waals surface area contributed by atoms with E-state index in [-0.39, 0.29) is 5.56 Å². The van der Waals surface area contributed by atoms with Crippen molar-refractivity contribution < 1.29 is 14.0 Å². The molecular formula is C21H20FN7O2. The molecule has 0 bridgehead atoms. The number of fused-ring (bicyclic) bond motifs is 1. The Kier molecular flexibility index (Phi) is 4.77. The van der Waals surface area contributed by atoms with Gasteiger partial charge in [0.05, 0.1) is 17.3 Å². The second-order valence-corrected chi connectivity index (χ2v) is 7.68. The highest BCUT2D eigenvalue weighted by Crippen LogP contribution is 2.32. The third-order valence-corrected chi connectivity index (χ3v) is 4.97. The summed E-state index contributed by atoms with van der Waals surface area (Å²) in [6.07, 6.45) is 5.13. The fourth-order valence-corrected chi connectivity index (χ4v) is 3.43. The number of halogens is 1. The lowest BCUT2D eigenvalue weighted by atomic mass is 9.91. The summed E-state index contributed by atoms with van der Waals surface area (Å²) < 4.78 is 16.7. The topological polar surface area (TPSA) is 132 Å². The fourth-order valence-electron chi connectivity index (χ4n) is 3.43. The standard InChI is InChI=1S/C21H20FN7O2/c1-21(2,28-20(31)17(23)30)14-5-4-11(8-15(14)22)13-6-7-24-19-16(13)26-18(27-19)12-9-25-29(3)10-12/h4-10H,1-3H3,(H2,23,30)(H,28,31)(H,24,26,27). The summed E-state index contributed by atoms with van der Waals surface area (Å²) in [5.41, 5.74) is 7.32. The Labute approximate surface area is 176 Å². The molecule has 3 heterocycles. The van der Waals surface area contributed by atoms with Crippen LogP contribution in [0, 0.1) is 5.82 Å². The number of H-pyrrole nitrogens is 1. The zero-order valence-electron chi connectivity index (χ0n) is 17.1. The van der Waals surface area contributed by atoms with Gasteiger partial charge >= 0.3 is 11.8 Å². The van der Waals surface area contributed by atoms with Crippen LogP contribution in [-0.4, -0.2) is 36.5 Å². The Bertz CT molecular complexity index is 1320. The molecule has 0 atom stereocenters. The number of hydrogen-bond acceptors (Lipinski definition) is 5. The van der Waals surface area contributed by atoms with Gasteiger partial charge < -0.3 is 16.0 Å². The zero-order valence-corrected chi connectivity index (χ0v) is 17.1. The number of pyridine rings is 1. The summed E-state index contributed by atoms with van der Waals surface area (Å²) in [5, 5.41) is 6.58. The van der Waals surface area contributed by atoms with Gasteiger partial charge in [0.15, 0.2) is 5.65 Å². The van der Waals surface area contributed by atoms with Gasteiger partial charge in [0.2, 0.25) is 0 Å². The first-order valence-corrected chi connectivity index (χ1v) is 9.42. The third kappa shape index (κ3) is 3.75. The molecule has 4 aromatic rings. The average Bonchev–Trinajstić information content (AvgIpc) is 3.32. The number of hydrogen-bond donors (Lipinski definition) is 3. The van der Waals surface area contributed by atoms with Gasteiger partial charge in [-0.15, -0.1) is 0 Å². The second kappa shape index (κ2) is 7.31. The van der Waals surface area contributed by atoms with Crippen LogP contribution in [0.3, 0.4) is 0 Å². The molecule has 0 aliphatic heterocycles. The van der Waals surface area contributed by atoms with Crippen LogP contribution in [0.15, 0.2) is 42.9 Å². The first-order chi connectivity index (χ1) is 14.7. The number of aromatic nitrogens is 5. The maximum atomic E-state index is 15.0. The molecule has 2 amide bonds. The smallest absolute Gasteiger partial charge is 0.309 e. The van der Waals surface area contributed by atoms with Crippen LogP contribution >= 0.6 is 0 Å². The molecule has 0 spiro atoms. The van der Waals surface area contributed by atoms with Crippen LogP contribution in [0.5, 0.6) is 0 Å². The highest BCUT2D eigenvalue weighted by molar-refractivity contribution is 6.34. The second-order valence-electron chi connectivity index (χ2n) is 7.68. The number of carbonyl (C=O) groups excluding carboxylic acids is 2. The number of rotatable bonds is 4. The first kappa shape index (κ1) is 20.2. The molecule has 4 N–H and O–H groups in total. The van der Waals surface area contributed by atoms with Gasteiger partial charge in [-0.2, -0.15) is 5.10 Å². The summed E-state index contributed by atoms with van der Waals surface area (Å²) in [7, 11) is 1.81. The minimum Gasteiger partial charge on any atom is -0.361 e. The molecular weight excluding hydrogens is 401 g/mol. The van der Waals surface area contributed by atoms with Crippen molar-refractivity contribution in [3.63, 3.8) is 0 Å². The predicted octanol–water partition coefficient (Wildman–Crippen LogP) is 2.00. The van der Waals surface area contributed by atoms with Gasteiger partial charge in [-0.3, -0.25) is 14.3 Å². The van der Waals surface area contributed by atoms with Crippen LogP contribution in [0.2, 0.25) is 0 Å². The zero-order chi connectivity index (χ0) is 22.3. The number of imidazole rings is 1. The Hall–Kier alpha value is -4.08. The molecule has 0 aliphatic rings. The minimum atomic E-state index is -1.14. The number of primary amides is 1. The predicted molar refractivity (Wildman–Crippen MR) is 112 cm³/mol. The minimum absolute atomic E-state index is 0.217. The van der Waals surface area contributed by atoms with E-state index >= 15 is 4.39 Å². The van der Waals surface area contributed by atoms with E-state index in [0.717, 1.165) is 5.56 Å². The lowest BCUT2D eigenvalue weighted by molar-refractivity contribution is -0.138. The summed E-state index contributed by atoms with van der Waals surface area (Å²) >= 11 is 0. The number of amides is 2. The molecule has 9 nitrogen and oxygen atoms in total. The Morgan fingerprint density at radius 2 is 2.00 bits per heavy atom. The number of nitrogens with zero attached hydrogens (tertiary/aromatic N) is 4.